The second kappa shape index (κ2) is 15.5. The number of thiol groups is 2. The average molecular weight is 747 g/mol. The number of aromatic nitrogens is 8. The summed E-state index contributed by atoms with van der Waals surface area (Å²) in [5.74, 6) is 0. The lowest BCUT2D eigenvalue weighted by atomic mass is 10.1. The van der Waals surface area contributed by atoms with Gasteiger partial charge in [-0.1, -0.05) is 12.2 Å². The third kappa shape index (κ3) is 7.14. The molecular formula is C26H30F2N8O8P2S2+2. The number of imidazole rings is 2. The Kier molecular flexibility index (Phi) is 11.4. The smallest absolute Gasteiger partial charge is 0.394 e. The van der Waals surface area contributed by atoms with Gasteiger partial charge in [0.05, 0.1) is 37.3 Å². The van der Waals surface area contributed by atoms with E-state index >= 15 is 8.78 Å². The van der Waals surface area contributed by atoms with E-state index in [0.717, 1.165) is 0 Å². The van der Waals surface area contributed by atoms with Crippen LogP contribution in [-0.4, -0.2) is 99.2 Å². The van der Waals surface area contributed by atoms with Crippen LogP contribution < -0.4 is 0 Å². The first-order chi connectivity index (χ1) is 23.2. The van der Waals surface area contributed by atoms with Gasteiger partial charge in [-0.15, -0.1) is 9.05 Å². The number of hydrogen-bond acceptors (Lipinski definition) is 14. The molecule has 0 amide bonds. The van der Waals surface area contributed by atoms with Crippen LogP contribution in [0.15, 0.2) is 37.5 Å². The molecule has 256 valence electrons. The summed E-state index contributed by atoms with van der Waals surface area (Å²) in [5, 5.41) is 19.2. The molecule has 16 nitrogen and oxygen atoms in total. The molecule has 4 aromatic heterocycles. The van der Waals surface area contributed by atoms with Crippen molar-refractivity contribution in [2.75, 3.05) is 13.2 Å². The molecule has 0 bridgehead atoms. The summed E-state index contributed by atoms with van der Waals surface area (Å²) >= 11 is 7.37. The molecule has 2 aliphatic rings. The molecule has 10 atom stereocenters. The molecule has 2 N–H and O–H groups in total. The number of aliphatic hydroxyl groups is 2. The number of aliphatic hydroxyl groups excluding tert-OH is 2. The maximum Gasteiger partial charge on any atom is 0.582 e. The maximum atomic E-state index is 15.3. The first-order valence-corrected chi connectivity index (χ1v) is 19.3. The quantitative estimate of drug-likeness (QED) is 0.0831. The Balaban J connectivity index is 1.07. The van der Waals surface area contributed by atoms with Crippen LogP contribution in [0.2, 0.25) is 0 Å². The van der Waals surface area contributed by atoms with Crippen LogP contribution in [0.4, 0.5) is 8.78 Å². The summed E-state index contributed by atoms with van der Waals surface area (Å²) in [6.45, 7) is -1.08. The van der Waals surface area contributed by atoms with Gasteiger partial charge in [-0.2, -0.15) is 0 Å². The van der Waals surface area contributed by atoms with Crippen molar-refractivity contribution in [3.05, 3.63) is 48.8 Å². The number of hydrogen-bond donors (Lipinski definition) is 4. The van der Waals surface area contributed by atoms with Crippen LogP contribution in [0, 0.1) is 0 Å². The van der Waals surface area contributed by atoms with Crippen molar-refractivity contribution < 1.29 is 46.6 Å². The third-order valence-electron chi connectivity index (χ3n) is 8.00. The molecule has 0 spiro atoms. The van der Waals surface area contributed by atoms with Crippen LogP contribution >= 0.6 is 39.0 Å². The van der Waals surface area contributed by atoms with Gasteiger partial charge in [0.15, 0.2) is 48.3 Å². The fourth-order valence-corrected chi connectivity index (χ4v) is 7.38. The highest BCUT2D eigenvalue weighted by atomic mass is 32.7. The zero-order valence-electron chi connectivity index (χ0n) is 24.8. The Labute approximate surface area is 283 Å². The molecule has 4 unspecified atom stereocenters. The number of allylic oxidation sites excluding steroid dienone is 2. The van der Waals surface area contributed by atoms with E-state index in [1.165, 1.54) is 34.4 Å². The molecule has 0 radical (unpaired) electrons. The van der Waals surface area contributed by atoms with E-state index in [4.69, 9.17) is 18.5 Å². The number of halogens is 2. The Morgan fingerprint density at radius 2 is 1.17 bits per heavy atom. The van der Waals surface area contributed by atoms with Crippen LogP contribution in [-0.2, 0) is 40.5 Å². The van der Waals surface area contributed by atoms with E-state index in [1.54, 1.807) is 0 Å². The van der Waals surface area contributed by atoms with Crippen LogP contribution in [0.25, 0.3) is 22.3 Å². The molecule has 6 rings (SSSR count). The van der Waals surface area contributed by atoms with Crippen LogP contribution in [0.1, 0.15) is 36.7 Å². The predicted molar refractivity (Wildman–Crippen MR) is 171 cm³/mol. The zero-order chi connectivity index (χ0) is 33.9. The van der Waals surface area contributed by atoms with Gasteiger partial charge < -0.3 is 19.7 Å². The average Bonchev–Trinajstić information content (AvgIpc) is 3.83. The number of alkyl halides is 2. The van der Waals surface area contributed by atoms with Crippen LogP contribution in [0.3, 0.4) is 0 Å². The molecule has 2 saturated heterocycles. The Morgan fingerprint density at radius 3 is 1.54 bits per heavy atom. The zero-order valence-corrected chi connectivity index (χ0v) is 28.4. The topological polar surface area (TPSA) is 199 Å². The predicted octanol–water partition coefficient (Wildman–Crippen LogP) is 3.49. The highest BCUT2D eigenvalue weighted by molar-refractivity contribution is 8.39. The largest absolute Gasteiger partial charge is 0.582 e. The molecule has 0 aliphatic carbocycles. The Bertz CT molecular complexity index is 1700. The van der Waals surface area contributed by atoms with E-state index in [0.29, 0.717) is 59.4 Å². The second-order valence-corrected chi connectivity index (χ2v) is 14.2. The summed E-state index contributed by atoms with van der Waals surface area (Å²) in [6.07, 6.45) is 1.10. The molecule has 0 saturated carbocycles. The molecule has 6 heterocycles. The fourth-order valence-electron chi connectivity index (χ4n) is 5.80. The van der Waals surface area contributed by atoms with Gasteiger partial charge in [-0.25, -0.2) is 38.7 Å². The third-order valence-corrected chi connectivity index (χ3v) is 9.41. The minimum Gasteiger partial charge on any atom is -0.394 e. The lowest BCUT2D eigenvalue weighted by Gasteiger charge is -2.15. The molecule has 2 aliphatic heterocycles. The highest BCUT2D eigenvalue weighted by Crippen LogP contribution is 2.42. The molecule has 48 heavy (non-hydrogen) atoms. The molecule has 4 aromatic rings. The van der Waals surface area contributed by atoms with E-state index in [-0.39, 0.29) is 0 Å². The van der Waals surface area contributed by atoms with E-state index in [1.807, 2.05) is 12.2 Å². The normalized spacial score (nSPS) is 28.3. The van der Waals surface area contributed by atoms with Gasteiger partial charge in [0, 0.05) is 0 Å². The van der Waals surface area contributed by atoms with Crippen molar-refractivity contribution in [3.63, 3.8) is 0 Å². The number of rotatable bonds is 14. The molecular weight excluding hydrogens is 716 g/mol. The first kappa shape index (κ1) is 35.2. The Hall–Kier alpha value is -2.64. The number of aryl methyl sites for hydroxylation is 2. The number of ether oxygens (including phenoxy) is 2. The van der Waals surface area contributed by atoms with Crippen LogP contribution in [0.5, 0.6) is 0 Å². The summed E-state index contributed by atoms with van der Waals surface area (Å²) in [6, 6.07) is 0. The standard InChI is InChI=1S/C26H28F2N8O8P2S2/c27-17-21(43-45(39)47)15(7-37)41-25(17)35-11-33-19-13(29-9-31-23(19)35)5-3-1-2-4-6-14-20-24(32-10-30-14)36(12-34-20)26-18(28)22(44-46(40)48)16(8-38)42-26/h1-2,9-12,15-18,21-22,25-26,37-38H,3-8H2/p+2/b2-1+/t15-,16?,17-,18-,21?,22-,25-,26-/m1/s1. The van der Waals surface area contributed by atoms with E-state index < -0.39 is 76.9 Å². The lowest BCUT2D eigenvalue weighted by molar-refractivity contribution is -0.0427. The molecule has 2 fully saturated rings. The van der Waals surface area contributed by atoms with Crippen molar-refractivity contribution in [2.45, 2.75) is 74.9 Å². The minimum atomic E-state index is -2.42. The van der Waals surface area contributed by atoms with Gasteiger partial charge in [-0.3, -0.25) is 9.13 Å². The monoisotopic (exact) mass is 746 g/mol. The first-order valence-electron chi connectivity index (χ1n) is 14.7. The lowest BCUT2D eigenvalue weighted by Crippen LogP contribution is -2.31. The van der Waals surface area contributed by atoms with Crippen molar-refractivity contribution in [2.24, 2.45) is 0 Å². The van der Waals surface area contributed by atoms with Crippen molar-refractivity contribution in [1.29, 1.82) is 0 Å². The minimum absolute atomic E-state index is 0.339. The second-order valence-electron chi connectivity index (χ2n) is 10.8. The van der Waals surface area contributed by atoms with Gasteiger partial charge in [0.2, 0.25) is 0 Å². The highest BCUT2D eigenvalue weighted by Gasteiger charge is 2.52. The van der Waals surface area contributed by atoms with E-state index in [2.05, 4.69) is 54.4 Å². The summed E-state index contributed by atoms with van der Waals surface area (Å²) in [4.78, 5) is 26.0. The Morgan fingerprint density at radius 1 is 0.750 bits per heavy atom. The van der Waals surface area contributed by atoms with E-state index in [9.17, 15) is 19.3 Å². The summed E-state index contributed by atoms with van der Waals surface area (Å²) < 4.78 is 77.6. The van der Waals surface area contributed by atoms with Gasteiger partial charge >= 0.3 is 14.5 Å². The maximum absolute atomic E-state index is 15.3. The fraction of sp³-hybridized carbons (Fsp3) is 0.538. The summed E-state index contributed by atoms with van der Waals surface area (Å²) in [5.41, 5.74) is 2.89. The van der Waals surface area contributed by atoms with Crippen molar-refractivity contribution in [1.82, 2.24) is 39.0 Å². The number of fused-ring (bicyclic) bond motifs is 2. The molecule has 0 aromatic carbocycles. The van der Waals surface area contributed by atoms with Gasteiger partial charge in [0.25, 0.3) is 0 Å². The van der Waals surface area contributed by atoms with Crippen molar-refractivity contribution >= 4 is 61.3 Å². The SMILES string of the molecule is O=[P+](S)OC1[C@@H](F)[C@H](n2cnc3c(CC/C=C/CCc4ncnc5c4ncn5[C@@H]4OC(CO)[C@@H](O[P+](=O)S)[C@H]4F)ncnc32)O[C@@H]1CO. The van der Waals surface area contributed by atoms with Gasteiger partial charge in [0.1, 0.15) is 60.4 Å². The van der Waals surface area contributed by atoms with Gasteiger partial charge in [-0.05, 0) is 34.8 Å². The van der Waals surface area contributed by atoms with Crippen molar-refractivity contribution in [3.8, 4) is 0 Å². The molecule has 22 heteroatoms. The number of nitrogens with zero attached hydrogens (tertiary/aromatic N) is 8. The summed E-state index contributed by atoms with van der Waals surface area (Å²) in [7, 11) is -4.84.